The van der Waals surface area contributed by atoms with Gasteiger partial charge in [-0.1, -0.05) is 18.2 Å². The number of hydrogen-bond donors (Lipinski definition) is 1. The molecule has 37 heavy (non-hydrogen) atoms. The molecular formula is C24H21F3N6O4. The lowest BCUT2D eigenvalue weighted by Gasteiger charge is -2.47. The molecule has 2 N–H and O–H groups in total. The van der Waals surface area contributed by atoms with Gasteiger partial charge in [-0.25, -0.2) is 14.4 Å². The fourth-order valence-electron chi connectivity index (χ4n) is 4.65. The van der Waals surface area contributed by atoms with E-state index in [0.29, 0.717) is 16.1 Å². The van der Waals surface area contributed by atoms with Crippen LogP contribution in [0.5, 0.6) is 0 Å². The van der Waals surface area contributed by atoms with Crippen molar-refractivity contribution in [3.05, 3.63) is 76.5 Å². The number of carbonyl (C=O) groups is 3. The number of benzene rings is 2. The summed E-state index contributed by atoms with van der Waals surface area (Å²) in [6.45, 7) is 1.51. The van der Waals surface area contributed by atoms with Crippen molar-refractivity contribution in [2.24, 2.45) is 5.73 Å². The van der Waals surface area contributed by atoms with E-state index in [9.17, 15) is 32.8 Å². The Hall–Kier alpha value is -4.57. The first-order valence-electron chi connectivity index (χ1n) is 10.8. The van der Waals surface area contributed by atoms with Crippen molar-refractivity contribution in [1.82, 2.24) is 14.9 Å². The Balaban J connectivity index is 2.02. The smallest absolute Gasteiger partial charge is 0.416 e. The van der Waals surface area contributed by atoms with E-state index < -0.39 is 42.1 Å². The van der Waals surface area contributed by atoms with Crippen LogP contribution in [0.1, 0.15) is 29.7 Å². The first kappa shape index (κ1) is 25.5. The number of methoxy groups -OCH3 is 1. The minimum atomic E-state index is -4.66. The van der Waals surface area contributed by atoms with Crippen molar-refractivity contribution in [2.45, 2.75) is 25.4 Å². The van der Waals surface area contributed by atoms with E-state index in [2.05, 4.69) is 0 Å². The summed E-state index contributed by atoms with van der Waals surface area (Å²) in [4.78, 5) is 41.3. The molecule has 4 amide bonds. The number of halogens is 3. The molecule has 2 aromatic carbocycles. The molecule has 2 atom stereocenters. The zero-order chi connectivity index (χ0) is 27.2. The molecule has 1 fully saturated rings. The average molecular weight is 514 g/mol. The summed E-state index contributed by atoms with van der Waals surface area (Å²) in [5.74, 6) is -0.838. The molecule has 2 heterocycles. The molecule has 0 bridgehead atoms. The number of anilines is 1. The second-order valence-electron chi connectivity index (χ2n) is 8.31. The third kappa shape index (κ3) is 4.11. The van der Waals surface area contributed by atoms with Crippen molar-refractivity contribution >= 4 is 23.7 Å². The fourth-order valence-corrected chi connectivity index (χ4v) is 4.65. The lowest BCUT2D eigenvalue weighted by molar-refractivity contribution is -0.138. The van der Waals surface area contributed by atoms with Crippen molar-refractivity contribution in [2.75, 3.05) is 19.1 Å². The molecule has 0 spiro atoms. The van der Waals surface area contributed by atoms with Crippen LogP contribution in [-0.2, 0) is 15.7 Å². The Labute approximate surface area is 209 Å². The fraction of sp³-hybridized carbons (Fsp3) is 0.250. The number of esters is 1. The van der Waals surface area contributed by atoms with E-state index in [1.54, 1.807) is 0 Å². The van der Waals surface area contributed by atoms with Gasteiger partial charge < -0.3 is 15.4 Å². The third-order valence-electron chi connectivity index (χ3n) is 6.26. The second kappa shape index (κ2) is 9.14. The number of allylic oxidation sites excluding steroid dienone is 1. The predicted molar refractivity (Wildman–Crippen MR) is 123 cm³/mol. The van der Waals surface area contributed by atoms with Gasteiger partial charge >= 0.3 is 24.2 Å². The van der Waals surface area contributed by atoms with Gasteiger partial charge in [0.25, 0.3) is 0 Å². The number of urea groups is 2. The first-order chi connectivity index (χ1) is 17.4. The molecule has 192 valence electrons. The van der Waals surface area contributed by atoms with Crippen LogP contribution in [-0.4, -0.2) is 53.4 Å². The number of fused-ring (bicyclic) bond motifs is 1. The van der Waals surface area contributed by atoms with E-state index in [4.69, 9.17) is 10.5 Å². The standard InChI is InChI=1S/C24H21F3N6O4/c1-13-18(20(34)37-3)19(15-9-7-14(12-28)8-10-15)32-22(30(2)33(21(29)35)23(32)36)31(13)17-6-4-5-16(11-17)24(25,26)27/h4-11,19,22H,1-3H3,(H2,29,35). The van der Waals surface area contributed by atoms with Gasteiger partial charge in [-0.15, -0.1) is 0 Å². The lowest BCUT2D eigenvalue weighted by atomic mass is 9.92. The van der Waals surface area contributed by atoms with Gasteiger partial charge in [-0.05, 0) is 42.8 Å². The molecule has 2 aliphatic rings. The maximum Gasteiger partial charge on any atom is 0.416 e. The number of alkyl halides is 3. The van der Waals surface area contributed by atoms with Gasteiger partial charge in [0.15, 0.2) is 6.29 Å². The molecule has 2 aromatic rings. The molecule has 4 rings (SSSR count). The van der Waals surface area contributed by atoms with Crippen LogP contribution in [0.2, 0.25) is 0 Å². The minimum Gasteiger partial charge on any atom is -0.466 e. The Morgan fingerprint density at radius 3 is 2.32 bits per heavy atom. The highest BCUT2D eigenvalue weighted by Gasteiger charge is 2.56. The van der Waals surface area contributed by atoms with Crippen molar-refractivity contribution < 1.29 is 32.3 Å². The quantitative estimate of drug-likeness (QED) is 0.622. The average Bonchev–Trinajstić information content (AvgIpc) is 3.12. The summed E-state index contributed by atoms with van der Waals surface area (Å²) in [5, 5.41) is 11.0. The number of carbonyl (C=O) groups excluding carboxylic acids is 3. The summed E-state index contributed by atoms with van der Waals surface area (Å²) >= 11 is 0. The van der Waals surface area contributed by atoms with Crippen molar-refractivity contribution in [3.63, 3.8) is 0 Å². The van der Waals surface area contributed by atoms with Gasteiger partial charge in [0.05, 0.1) is 35.9 Å². The Bertz CT molecular complexity index is 1350. The molecule has 10 nitrogen and oxygen atoms in total. The Morgan fingerprint density at radius 1 is 1.14 bits per heavy atom. The van der Waals surface area contributed by atoms with Crippen LogP contribution in [0, 0.1) is 11.3 Å². The molecule has 0 saturated carbocycles. The molecule has 2 aliphatic heterocycles. The van der Waals surface area contributed by atoms with E-state index in [1.807, 2.05) is 6.07 Å². The molecular weight excluding hydrogens is 493 g/mol. The molecule has 0 aliphatic carbocycles. The first-order valence-corrected chi connectivity index (χ1v) is 10.8. The molecule has 13 heteroatoms. The maximum absolute atomic E-state index is 13.5. The molecule has 0 aromatic heterocycles. The number of hydrogen-bond acceptors (Lipinski definition) is 7. The number of rotatable bonds is 3. The van der Waals surface area contributed by atoms with Crippen LogP contribution >= 0.6 is 0 Å². The van der Waals surface area contributed by atoms with E-state index >= 15 is 0 Å². The van der Waals surface area contributed by atoms with Gasteiger partial charge in [0, 0.05) is 18.4 Å². The highest BCUT2D eigenvalue weighted by Crippen LogP contribution is 2.46. The Morgan fingerprint density at radius 2 is 1.78 bits per heavy atom. The van der Waals surface area contributed by atoms with E-state index in [0.717, 1.165) is 24.1 Å². The number of primary amides is 1. The highest BCUT2D eigenvalue weighted by atomic mass is 19.4. The number of nitrogens with two attached hydrogens (primary N) is 1. The van der Waals surface area contributed by atoms with Gasteiger partial charge in [-0.3, -0.25) is 4.90 Å². The molecule has 0 radical (unpaired) electrons. The number of hydrazine groups is 1. The summed E-state index contributed by atoms with van der Waals surface area (Å²) in [6, 6.07) is 9.25. The number of nitriles is 1. The highest BCUT2D eigenvalue weighted by molar-refractivity contribution is 5.98. The summed E-state index contributed by atoms with van der Waals surface area (Å²) in [6.07, 6.45) is -5.84. The van der Waals surface area contributed by atoms with Crippen LogP contribution in [0.15, 0.2) is 59.8 Å². The number of imide groups is 1. The summed E-state index contributed by atoms with van der Waals surface area (Å²) in [7, 11) is 2.51. The minimum absolute atomic E-state index is 0.00739. The van der Waals surface area contributed by atoms with E-state index in [1.165, 1.54) is 60.3 Å². The Kier molecular flexibility index (Phi) is 6.30. The summed E-state index contributed by atoms with van der Waals surface area (Å²) in [5.41, 5.74) is 5.39. The van der Waals surface area contributed by atoms with Crippen LogP contribution in [0.3, 0.4) is 0 Å². The lowest BCUT2D eigenvalue weighted by Crippen LogP contribution is -2.57. The largest absolute Gasteiger partial charge is 0.466 e. The molecule has 2 unspecified atom stereocenters. The number of nitrogens with zero attached hydrogens (tertiary/aromatic N) is 5. The van der Waals surface area contributed by atoms with Gasteiger partial charge in [0.2, 0.25) is 0 Å². The molecule has 1 saturated heterocycles. The predicted octanol–water partition coefficient (Wildman–Crippen LogP) is 3.53. The van der Waals surface area contributed by atoms with Crippen LogP contribution in [0.25, 0.3) is 0 Å². The van der Waals surface area contributed by atoms with Crippen LogP contribution in [0.4, 0.5) is 28.4 Å². The van der Waals surface area contributed by atoms with Gasteiger partial charge in [-0.2, -0.15) is 28.5 Å². The van der Waals surface area contributed by atoms with Crippen molar-refractivity contribution in [1.29, 1.82) is 5.26 Å². The monoisotopic (exact) mass is 514 g/mol. The topological polar surface area (TPSA) is 123 Å². The SMILES string of the molecule is COC(=O)C1=C(C)N(c2cccc(C(F)(F)F)c2)C2N(C(=O)N(C(N)=O)N2C)C1c1ccc(C#N)cc1. The third-order valence-corrected chi connectivity index (χ3v) is 6.26. The van der Waals surface area contributed by atoms with Crippen molar-refractivity contribution in [3.8, 4) is 6.07 Å². The zero-order valence-corrected chi connectivity index (χ0v) is 19.9. The van der Waals surface area contributed by atoms with E-state index in [-0.39, 0.29) is 17.0 Å². The van der Waals surface area contributed by atoms with Gasteiger partial charge in [0.1, 0.15) is 0 Å². The van der Waals surface area contributed by atoms with Crippen LogP contribution < -0.4 is 10.6 Å². The zero-order valence-electron chi connectivity index (χ0n) is 19.9. The maximum atomic E-state index is 13.5. The number of amides is 4. The normalized spacial score (nSPS) is 20.1. The summed E-state index contributed by atoms with van der Waals surface area (Å²) < 4.78 is 45.6. The second-order valence-corrected chi connectivity index (χ2v) is 8.31. The number of ether oxygens (including phenoxy) is 1.